The second kappa shape index (κ2) is 6.66. The van der Waals surface area contributed by atoms with Crippen molar-refractivity contribution in [3.8, 4) is 11.3 Å². The average Bonchev–Trinajstić information content (AvgIpc) is 3.15. The zero-order chi connectivity index (χ0) is 16.2. The molecule has 0 aliphatic heterocycles. The second-order valence-electron chi connectivity index (χ2n) is 5.00. The highest BCUT2D eigenvalue weighted by Crippen LogP contribution is 2.22. The molecule has 118 valence electrons. The summed E-state index contributed by atoms with van der Waals surface area (Å²) in [7, 11) is 0. The van der Waals surface area contributed by atoms with E-state index in [0.29, 0.717) is 34.7 Å². The van der Waals surface area contributed by atoms with Crippen LogP contribution in [0.15, 0.2) is 45.5 Å². The highest BCUT2D eigenvalue weighted by molar-refractivity contribution is 6.30. The van der Waals surface area contributed by atoms with Gasteiger partial charge in [-0.3, -0.25) is 4.79 Å². The van der Waals surface area contributed by atoms with Gasteiger partial charge in [0.25, 0.3) is 0 Å². The Kier molecular flexibility index (Phi) is 4.43. The van der Waals surface area contributed by atoms with Crippen molar-refractivity contribution in [1.82, 2.24) is 10.1 Å². The Hall–Kier alpha value is -2.60. The van der Waals surface area contributed by atoms with Gasteiger partial charge in [-0.05, 0) is 31.2 Å². The molecule has 0 radical (unpaired) electrons. The SMILES string of the molecule is Cc1cc(NC(=O)CCc2ncc(-c3ccc(Cl)cc3)o2)no1. The Morgan fingerprint density at radius 3 is 2.78 bits per heavy atom. The van der Waals surface area contributed by atoms with E-state index in [1.807, 2.05) is 12.1 Å². The van der Waals surface area contributed by atoms with Crippen LogP contribution in [0.1, 0.15) is 18.1 Å². The molecule has 0 aliphatic rings. The Labute approximate surface area is 137 Å². The maximum atomic E-state index is 11.8. The molecule has 3 rings (SSSR count). The Bertz CT molecular complexity index is 808. The van der Waals surface area contributed by atoms with Crippen LogP contribution >= 0.6 is 11.6 Å². The first-order valence-electron chi connectivity index (χ1n) is 7.04. The van der Waals surface area contributed by atoms with Crippen LogP contribution in [0.2, 0.25) is 5.02 Å². The van der Waals surface area contributed by atoms with Gasteiger partial charge in [0.15, 0.2) is 17.5 Å². The molecule has 0 unspecified atom stereocenters. The molecule has 0 fully saturated rings. The zero-order valence-corrected chi connectivity index (χ0v) is 13.1. The molecule has 0 spiro atoms. The fourth-order valence-corrected chi connectivity index (χ4v) is 2.15. The smallest absolute Gasteiger partial charge is 0.226 e. The molecule has 6 nitrogen and oxygen atoms in total. The third-order valence-corrected chi connectivity index (χ3v) is 3.40. The number of hydrogen-bond donors (Lipinski definition) is 1. The highest BCUT2D eigenvalue weighted by Gasteiger charge is 2.10. The number of benzene rings is 1. The fraction of sp³-hybridized carbons (Fsp3) is 0.188. The first-order valence-corrected chi connectivity index (χ1v) is 7.42. The lowest BCUT2D eigenvalue weighted by Crippen LogP contribution is -2.12. The van der Waals surface area contributed by atoms with Crippen molar-refractivity contribution < 1.29 is 13.7 Å². The number of halogens is 1. The summed E-state index contributed by atoms with van der Waals surface area (Å²) in [5.74, 6) is 2.01. The molecule has 2 heterocycles. The lowest BCUT2D eigenvalue weighted by molar-refractivity contribution is -0.116. The Morgan fingerprint density at radius 1 is 1.30 bits per heavy atom. The van der Waals surface area contributed by atoms with E-state index in [1.54, 1.807) is 31.3 Å². The van der Waals surface area contributed by atoms with Crippen LogP contribution in [0, 0.1) is 6.92 Å². The fourth-order valence-electron chi connectivity index (χ4n) is 2.02. The minimum Gasteiger partial charge on any atom is -0.441 e. The first kappa shape index (κ1) is 15.3. The molecular formula is C16H14ClN3O3. The molecule has 0 atom stereocenters. The van der Waals surface area contributed by atoms with E-state index in [1.165, 1.54) is 0 Å². The predicted octanol–water partition coefficient (Wildman–Crippen LogP) is 3.86. The average molecular weight is 332 g/mol. The van der Waals surface area contributed by atoms with Crippen LogP contribution in [0.25, 0.3) is 11.3 Å². The summed E-state index contributed by atoms with van der Waals surface area (Å²) >= 11 is 5.85. The number of aromatic nitrogens is 2. The molecule has 0 bridgehead atoms. The molecule has 7 heteroatoms. The number of hydrogen-bond acceptors (Lipinski definition) is 5. The van der Waals surface area contributed by atoms with Crippen LogP contribution in [0.3, 0.4) is 0 Å². The van der Waals surface area contributed by atoms with Crippen molar-refractivity contribution in [2.45, 2.75) is 19.8 Å². The summed E-state index contributed by atoms with van der Waals surface area (Å²) in [6.45, 7) is 1.76. The van der Waals surface area contributed by atoms with E-state index >= 15 is 0 Å². The van der Waals surface area contributed by atoms with E-state index in [9.17, 15) is 4.79 Å². The summed E-state index contributed by atoms with van der Waals surface area (Å²) in [4.78, 5) is 16.0. The van der Waals surface area contributed by atoms with Gasteiger partial charge >= 0.3 is 0 Å². The van der Waals surface area contributed by atoms with Gasteiger partial charge < -0.3 is 14.3 Å². The van der Waals surface area contributed by atoms with Gasteiger partial charge in [0.2, 0.25) is 5.91 Å². The van der Waals surface area contributed by atoms with Crippen LogP contribution in [0.5, 0.6) is 0 Å². The summed E-state index contributed by atoms with van der Waals surface area (Å²) < 4.78 is 10.5. The lowest BCUT2D eigenvalue weighted by Gasteiger charge is -1.99. The number of aryl methyl sites for hydroxylation is 2. The number of oxazole rings is 1. The Balaban J connectivity index is 1.56. The topological polar surface area (TPSA) is 81.2 Å². The maximum Gasteiger partial charge on any atom is 0.226 e. The van der Waals surface area contributed by atoms with Gasteiger partial charge in [0.1, 0.15) is 5.76 Å². The van der Waals surface area contributed by atoms with Crippen molar-refractivity contribution in [1.29, 1.82) is 0 Å². The van der Waals surface area contributed by atoms with E-state index < -0.39 is 0 Å². The molecule has 2 aromatic heterocycles. The number of rotatable bonds is 5. The number of carbonyl (C=O) groups is 1. The minimum absolute atomic E-state index is 0.176. The first-order chi connectivity index (χ1) is 11.1. The normalized spacial score (nSPS) is 10.7. The van der Waals surface area contributed by atoms with Gasteiger partial charge in [-0.15, -0.1) is 0 Å². The van der Waals surface area contributed by atoms with Gasteiger partial charge in [-0.1, -0.05) is 16.8 Å². The van der Waals surface area contributed by atoms with E-state index in [2.05, 4.69) is 15.5 Å². The van der Waals surface area contributed by atoms with Crippen molar-refractivity contribution in [2.75, 3.05) is 5.32 Å². The van der Waals surface area contributed by atoms with Crippen molar-refractivity contribution in [3.63, 3.8) is 0 Å². The third kappa shape index (κ3) is 3.98. The Morgan fingerprint density at radius 2 is 2.09 bits per heavy atom. The maximum absolute atomic E-state index is 11.8. The highest BCUT2D eigenvalue weighted by atomic mass is 35.5. The minimum atomic E-state index is -0.176. The number of nitrogens with one attached hydrogen (secondary N) is 1. The van der Waals surface area contributed by atoms with Gasteiger partial charge in [0.05, 0.1) is 6.20 Å². The predicted molar refractivity (Wildman–Crippen MR) is 85.1 cm³/mol. The zero-order valence-electron chi connectivity index (χ0n) is 12.4. The molecular weight excluding hydrogens is 318 g/mol. The van der Waals surface area contributed by atoms with Crippen molar-refractivity contribution in [2.24, 2.45) is 0 Å². The molecule has 0 aliphatic carbocycles. The quantitative estimate of drug-likeness (QED) is 0.767. The number of carbonyl (C=O) groups excluding carboxylic acids is 1. The summed E-state index contributed by atoms with van der Waals surface area (Å²) in [5, 5.41) is 7.02. The van der Waals surface area contributed by atoms with Gasteiger partial charge in [-0.2, -0.15) is 0 Å². The molecule has 1 aromatic carbocycles. The summed E-state index contributed by atoms with van der Waals surface area (Å²) in [5.41, 5.74) is 0.885. The van der Waals surface area contributed by atoms with Crippen LogP contribution in [-0.2, 0) is 11.2 Å². The summed E-state index contributed by atoms with van der Waals surface area (Å²) in [6, 6.07) is 8.93. The molecule has 3 aromatic rings. The van der Waals surface area contributed by atoms with Crippen LogP contribution < -0.4 is 5.32 Å². The lowest BCUT2D eigenvalue weighted by atomic mass is 10.2. The van der Waals surface area contributed by atoms with Crippen molar-refractivity contribution >= 4 is 23.3 Å². The largest absolute Gasteiger partial charge is 0.441 e. The third-order valence-electron chi connectivity index (χ3n) is 3.14. The number of anilines is 1. The number of amides is 1. The molecule has 0 saturated heterocycles. The van der Waals surface area contributed by atoms with Crippen LogP contribution in [-0.4, -0.2) is 16.0 Å². The monoisotopic (exact) mass is 331 g/mol. The van der Waals surface area contributed by atoms with Gasteiger partial charge in [0, 0.05) is 29.5 Å². The van der Waals surface area contributed by atoms with E-state index in [0.717, 1.165) is 5.56 Å². The van der Waals surface area contributed by atoms with E-state index in [4.69, 9.17) is 20.5 Å². The standard InChI is InChI=1S/C16H14ClN3O3/c1-10-8-14(20-23-10)19-15(21)6-7-16-18-9-13(22-16)11-2-4-12(17)5-3-11/h2-5,8-9H,6-7H2,1H3,(H,19,20,21). The number of nitrogens with zero attached hydrogens (tertiary/aromatic N) is 2. The molecule has 0 saturated carbocycles. The van der Waals surface area contributed by atoms with Crippen LogP contribution in [0.4, 0.5) is 5.82 Å². The van der Waals surface area contributed by atoms with Crippen molar-refractivity contribution in [3.05, 3.63) is 53.2 Å². The molecule has 1 amide bonds. The molecule has 1 N–H and O–H groups in total. The summed E-state index contributed by atoms with van der Waals surface area (Å²) in [6.07, 6.45) is 2.28. The molecule has 23 heavy (non-hydrogen) atoms. The second-order valence-corrected chi connectivity index (χ2v) is 5.43. The van der Waals surface area contributed by atoms with Gasteiger partial charge in [-0.25, -0.2) is 4.98 Å². The van der Waals surface area contributed by atoms with E-state index in [-0.39, 0.29) is 12.3 Å².